The van der Waals surface area contributed by atoms with Crippen LogP contribution in [0, 0.1) is 11.8 Å². The largest absolute Gasteiger partial charge is 0.345 e. The first-order chi connectivity index (χ1) is 20.1. The minimum atomic E-state index is -0.458. The van der Waals surface area contributed by atoms with Gasteiger partial charge in [0.25, 0.3) is 0 Å². The monoisotopic (exact) mass is 553 g/mol. The highest BCUT2D eigenvalue weighted by molar-refractivity contribution is 6.13. The third-order valence-corrected chi connectivity index (χ3v) is 8.40. The molecule has 2 saturated carbocycles. The van der Waals surface area contributed by atoms with E-state index in [4.69, 9.17) is 5.10 Å². The molecule has 2 fully saturated rings. The van der Waals surface area contributed by atoms with Crippen molar-refractivity contribution in [1.29, 1.82) is 0 Å². The number of aromatic amines is 1. The number of aromatic nitrogens is 3. The first-order valence-electron chi connectivity index (χ1n) is 14.6. The highest BCUT2D eigenvalue weighted by Crippen LogP contribution is 2.35. The van der Waals surface area contributed by atoms with E-state index in [0.29, 0.717) is 17.2 Å². The van der Waals surface area contributed by atoms with Gasteiger partial charge in [0, 0.05) is 28.7 Å². The summed E-state index contributed by atoms with van der Waals surface area (Å²) < 4.78 is 0. The summed E-state index contributed by atoms with van der Waals surface area (Å²) in [4.78, 5) is 46.4. The van der Waals surface area contributed by atoms with Gasteiger partial charge < -0.3 is 5.32 Å². The zero-order chi connectivity index (χ0) is 28.2. The first-order valence-corrected chi connectivity index (χ1v) is 14.6. The number of nitrogens with zero attached hydrogens (tertiary/aromatic N) is 5. The molecule has 0 unspecified atom stereocenters. The molecule has 2 heterocycles. The minimum Gasteiger partial charge on any atom is -0.324 e. The van der Waals surface area contributed by atoms with Crippen LogP contribution in [0.3, 0.4) is 0 Å². The summed E-state index contributed by atoms with van der Waals surface area (Å²) in [6.45, 7) is -0.297. The summed E-state index contributed by atoms with van der Waals surface area (Å²) in [5.41, 5.74) is 3.73. The Hall–Kier alpha value is -4.34. The molecular formula is C31H35N7O3. The number of nitrogens with one attached hydrogen (secondary N) is 2. The van der Waals surface area contributed by atoms with Crippen molar-refractivity contribution in [3.8, 4) is 11.4 Å². The summed E-state index contributed by atoms with van der Waals surface area (Å²) in [6.07, 6.45) is 10.6. The van der Waals surface area contributed by atoms with Gasteiger partial charge in [-0.15, -0.1) is 0 Å². The molecule has 0 saturated heterocycles. The normalized spacial score (nSPS) is 18.1. The van der Waals surface area contributed by atoms with Gasteiger partial charge in [-0.2, -0.15) is 10.2 Å². The number of benzene rings is 2. The van der Waals surface area contributed by atoms with E-state index in [1.165, 1.54) is 22.7 Å². The molecule has 212 valence electrons. The smallest absolute Gasteiger partial charge is 0.324 e. The predicted octanol–water partition coefficient (Wildman–Crippen LogP) is 5.40. The Bertz CT molecular complexity index is 1440. The van der Waals surface area contributed by atoms with E-state index in [0.717, 1.165) is 68.2 Å². The van der Waals surface area contributed by atoms with Crippen molar-refractivity contribution in [1.82, 2.24) is 20.2 Å². The number of para-hydroxylation sites is 1. The maximum absolute atomic E-state index is 14.1. The van der Waals surface area contributed by atoms with Crippen molar-refractivity contribution in [2.45, 2.75) is 57.8 Å². The van der Waals surface area contributed by atoms with E-state index in [9.17, 15) is 14.4 Å². The Labute approximate surface area is 239 Å². The highest BCUT2D eigenvalue weighted by atomic mass is 16.2. The van der Waals surface area contributed by atoms with Crippen molar-refractivity contribution in [3.05, 3.63) is 60.4 Å². The maximum atomic E-state index is 14.1. The van der Waals surface area contributed by atoms with Crippen molar-refractivity contribution >= 4 is 34.8 Å². The average molecular weight is 554 g/mol. The number of hydrazone groups is 1. The van der Waals surface area contributed by atoms with Crippen LogP contribution >= 0.6 is 0 Å². The molecule has 0 atom stereocenters. The number of fused-ring (bicyclic) bond motifs is 1. The van der Waals surface area contributed by atoms with Crippen LogP contribution in [0.5, 0.6) is 0 Å². The number of hydrogen-bond donors (Lipinski definition) is 2. The van der Waals surface area contributed by atoms with E-state index in [-0.39, 0.29) is 36.6 Å². The fraction of sp³-hybridized carbons (Fsp3) is 0.419. The molecule has 0 spiro atoms. The third kappa shape index (κ3) is 5.91. The lowest BCUT2D eigenvalue weighted by molar-refractivity contribution is -0.121. The molecule has 0 radical (unpaired) electrons. The SMILES string of the molecule is O=C(CN1N=C(C2CCCCC2)c2ccccc2N(CC(=O)C2CCCC2)C1=O)Nc1cccc(-c2ncn[nH]2)c1. The number of Topliss-reactive ketones (excluding diaryl/α,β-unsaturated/α-hetero) is 1. The Morgan fingerprint density at radius 3 is 2.49 bits per heavy atom. The molecule has 10 nitrogen and oxygen atoms in total. The van der Waals surface area contributed by atoms with Crippen LogP contribution in [0.25, 0.3) is 11.4 Å². The first kappa shape index (κ1) is 26.9. The van der Waals surface area contributed by atoms with Gasteiger partial charge in [0.1, 0.15) is 12.9 Å². The van der Waals surface area contributed by atoms with Crippen LogP contribution in [-0.2, 0) is 9.59 Å². The number of urea groups is 1. The van der Waals surface area contributed by atoms with Gasteiger partial charge in [0.2, 0.25) is 5.91 Å². The van der Waals surface area contributed by atoms with Crippen LogP contribution in [0.1, 0.15) is 63.4 Å². The Balaban J connectivity index is 1.29. The van der Waals surface area contributed by atoms with E-state index in [1.807, 2.05) is 36.4 Å². The number of anilines is 2. The summed E-state index contributed by atoms with van der Waals surface area (Å²) in [5.74, 6) is 0.441. The quantitative estimate of drug-likeness (QED) is 0.387. The molecule has 3 amide bonds. The number of hydrogen-bond acceptors (Lipinski definition) is 6. The lowest BCUT2D eigenvalue weighted by atomic mass is 9.83. The number of rotatable bonds is 8. The van der Waals surface area contributed by atoms with E-state index >= 15 is 0 Å². The fourth-order valence-corrected chi connectivity index (χ4v) is 6.29. The predicted molar refractivity (Wildman–Crippen MR) is 156 cm³/mol. The van der Waals surface area contributed by atoms with E-state index < -0.39 is 6.03 Å². The lowest BCUT2D eigenvalue weighted by Gasteiger charge is -2.26. The summed E-state index contributed by atoms with van der Waals surface area (Å²) >= 11 is 0. The molecule has 10 heteroatoms. The van der Waals surface area contributed by atoms with Crippen molar-refractivity contribution < 1.29 is 14.4 Å². The number of H-pyrrole nitrogens is 1. The second-order valence-corrected chi connectivity index (χ2v) is 11.2. The summed E-state index contributed by atoms with van der Waals surface area (Å²) in [7, 11) is 0. The highest BCUT2D eigenvalue weighted by Gasteiger charge is 2.36. The maximum Gasteiger partial charge on any atom is 0.345 e. The van der Waals surface area contributed by atoms with Gasteiger partial charge in [0.15, 0.2) is 11.6 Å². The molecular weight excluding hydrogens is 518 g/mol. The molecule has 1 aromatic heterocycles. The molecule has 3 aliphatic rings. The lowest BCUT2D eigenvalue weighted by Crippen LogP contribution is -2.46. The van der Waals surface area contributed by atoms with Crippen LogP contribution < -0.4 is 10.2 Å². The van der Waals surface area contributed by atoms with Gasteiger partial charge in [-0.25, -0.2) is 14.8 Å². The molecule has 41 heavy (non-hydrogen) atoms. The van der Waals surface area contributed by atoms with Crippen molar-refractivity contribution in [3.63, 3.8) is 0 Å². The van der Waals surface area contributed by atoms with E-state index in [1.54, 1.807) is 12.1 Å². The Morgan fingerprint density at radius 1 is 0.927 bits per heavy atom. The number of ketones is 1. The number of carbonyl (C=O) groups is 3. The molecule has 6 rings (SSSR count). The molecule has 0 bridgehead atoms. The Kier molecular flexibility index (Phi) is 7.89. The zero-order valence-electron chi connectivity index (χ0n) is 23.1. The van der Waals surface area contributed by atoms with Gasteiger partial charge in [0.05, 0.1) is 17.9 Å². The van der Waals surface area contributed by atoms with Gasteiger partial charge in [-0.3, -0.25) is 19.6 Å². The molecule has 2 aromatic carbocycles. The number of carbonyl (C=O) groups excluding carboxylic acids is 3. The molecule has 2 aliphatic carbocycles. The van der Waals surface area contributed by atoms with Crippen LogP contribution in [0.2, 0.25) is 0 Å². The van der Waals surface area contributed by atoms with E-state index in [2.05, 4.69) is 20.5 Å². The van der Waals surface area contributed by atoms with Crippen LogP contribution in [-0.4, -0.2) is 56.7 Å². The van der Waals surface area contributed by atoms with Crippen LogP contribution in [0.15, 0.2) is 60.0 Å². The van der Waals surface area contributed by atoms with Gasteiger partial charge in [-0.1, -0.05) is 62.4 Å². The topological polar surface area (TPSA) is 124 Å². The summed E-state index contributed by atoms with van der Waals surface area (Å²) in [6, 6.07) is 14.5. The molecule has 2 N–H and O–H groups in total. The molecule has 1 aliphatic heterocycles. The fourth-order valence-electron chi connectivity index (χ4n) is 6.29. The van der Waals surface area contributed by atoms with Crippen molar-refractivity contribution in [2.24, 2.45) is 16.9 Å². The second-order valence-electron chi connectivity index (χ2n) is 11.2. The van der Waals surface area contributed by atoms with Gasteiger partial charge in [-0.05, 0) is 43.9 Å². The zero-order valence-corrected chi connectivity index (χ0v) is 23.1. The van der Waals surface area contributed by atoms with Gasteiger partial charge >= 0.3 is 6.03 Å². The minimum absolute atomic E-state index is 0.0225. The second kappa shape index (κ2) is 12.0. The molecule has 3 aromatic rings. The summed E-state index contributed by atoms with van der Waals surface area (Å²) in [5, 5.41) is 15.7. The van der Waals surface area contributed by atoms with Crippen LogP contribution in [0.4, 0.5) is 16.2 Å². The Morgan fingerprint density at radius 2 is 1.71 bits per heavy atom. The van der Waals surface area contributed by atoms with Crippen molar-refractivity contribution in [2.75, 3.05) is 23.3 Å². The standard InChI is InChI=1S/C31H35N7O3/c39-27(21-9-4-5-10-21)18-37-26-16-7-6-15-25(26)29(22-11-2-1-3-12-22)36-38(31(37)41)19-28(40)34-24-14-8-13-23(17-24)30-32-20-33-35-30/h6-8,13-17,20-22H,1-5,9-12,18-19H2,(H,34,40)(H,32,33,35). The average Bonchev–Trinajstić information content (AvgIpc) is 3.72. The third-order valence-electron chi connectivity index (χ3n) is 8.40. The number of amides is 3.